The number of anilines is 1. The maximum absolute atomic E-state index is 12.0. The molecule has 0 bridgehead atoms. The number of hydrogen-bond donors (Lipinski definition) is 2. The molecule has 0 aliphatic heterocycles. The van der Waals surface area contributed by atoms with Crippen LogP contribution in [0.1, 0.15) is 11.1 Å². The van der Waals surface area contributed by atoms with Gasteiger partial charge in [-0.3, -0.25) is 10.1 Å². The van der Waals surface area contributed by atoms with Crippen molar-refractivity contribution >= 4 is 17.4 Å². The van der Waals surface area contributed by atoms with Crippen LogP contribution in [0.25, 0.3) is 0 Å². The number of nitro groups is 1. The fraction of sp³-hybridized carbons (Fsp3) is 0.278. The van der Waals surface area contributed by atoms with Crippen LogP contribution in [0.5, 0.6) is 11.5 Å². The smallest absolute Gasteiger partial charge is 0.319 e. The molecule has 0 aliphatic carbocycles. The van der Waals surface area contributed by atoms with Gasteiger partial charge in [0, 0.05) is 12.6 Å². The zero-order valence-corrected chi connectivity index (χ0v) is 14.9. The Hall–Kier alpha value is -3.29. The van der Waals surface area contributed by atoms with Gasteiger partial charge < -0.3 is 20.1 Å². The van der Waals surface area contributed by atoms with E-state index >= 15 is 0 Å². The van der Waals surface area contributed by atoms with Gasteiger partial charge in [-0.2, -0.15) is 0 Å². The minimum absolute atomic E-state index is 0.0341. The Labute approximate surface area is 151 Å². The highest BCUT2D eigenvalue weighted by atomic mass is 16.6. The zero-order valence-electron chi connectivity index (χ0n) is 14.9. The van der Waals surface area contributed by atoms with Crippen LogP contribution in [-0.4, -0.2) is 31.7 Å². The lowest BCUT2D eigenvalue weighted by Gasteiger charge is -2.11. The molecule has 2 aromatic carbocycles. The Bertz CT molecular complexity index is 807. The van der Waals surface area contributed by atoms with Gasteiger partial charge in [0.25, 0.3) is 5.69 Å². The molecule has 26 heavy (non-hydrogen) atoms. The minimum atomic E-state index is -0.477. The Morgan fingerprint density at radius 1 is 1.15 bits per heavy atom. The number of benzene rings is 2. The van der Waals surface area contributed by atoms with E-state index in [2.05, 4.69) is 10.6 Å². The minimum Gasteiger partial charge on any atom is -0.493 e. The Morgan fingerprint density at radius 2 is 1.88 bits per heavy atom. The first-order valence-electron chi connectivity index (χ1n) is 7.96. The van der Waals surface area contributed by atoms with Gasteiger partial charge in [-0.25, -0.2) is 4.79 Å². The van der Waals surface area contributed by atoms with Crippen LogP contribution in [0.4, 0.5) is 16.2 Å². The average Bonchev–Trinajstić information content (AvgIpc) is 2.63. The van der Waals surface area contributed by atoms with E-state index in [0.29, 0.717) is 35.7 Å². The summed E-state index contributed by atoms with van der Waals surface area (Å²) in [6.45, 7) is 1.99. The topological polar surface area (TPSA) is 103 Å². The maximum Gasteiger partial charge on any atom is 0.319 e. The predicted molar refractivity (Wildman–Crippen MR) is 98.1 cm³/mol. The first-order valence-corrected chi connectivity index (χ1v) is 7.96. The molecule has 2 aromatic rings. The van der Waals surface area contributed by atoms with Crippen LogP contribution in [0.3, 0.4) is 0 Å². The van der Waals surface area contributed by atoms with E-state index in [0.717, 1.165) is 5.56 Å². The number of urea groups is 1. The lowest BCUT2D eigenvalue weighted by Crippen LogP contribution is -2.30. The average molecular weight is 359 g/mol. The monoisotopic (exact) mass is 359 g/mol. The molecule has 2 amide bonds. The molecule has 0 spiro atoms. The molecule has 0 radical (unpaired) electrons. The second-order valence-corrected chi connectivity index (χ2v) is 5.53. The van der Waals surface area contributed by atoms with Crippen molar-refractivity contribution in [3.63, 3.8) is 0 Å². The normalized spacial score (nSPS) is 10.1. The number of carbonyl (C=O) groups is 1. The van der Waals surface area contributed by atoms with Crippen molar-refractivity contribution in [3.05, 3.63) is 57.6 Å². The summed E-state index contributed by atoms with van der Waals surface area (Å²) in [6, 6.07) is 9.68. The van der Waals surface area contributed by atoms with Gasteiger partial charge in [0.15, 0.2) is 11.5 Å². The van der Waals surface area contributed by atoms with Crippen molar-refractivity contribution in [1.82, 2.24) is 5.32 Å². The van der Waals surface area contributed by atoms with Gasteiger partial charge >= 0.3 is 6.03 Å². The van der Waals surface area contributed by atoms with Crippen molar-refractivity contribution in [2.45, 2.75) is 13.3 Å². The third kappa shape index (κ3) is 4.62. The van der Waals surface area contributed by atoms with E-state index in [-0.39, 0.29) is 5.69 Å². The maximum atomic E-state index is 12.0. The Morgan fingerprint density at radius 3 is 2.54 bits per heavy atom. The summed E-state index contributed by atoms with van der Waals surface area (Å²) in [4.78, 5) is 22.5. The molecule has 2 rings (SSSR count). The molecule has 0 unspecified atom stereocenters. The van der Waals surface area contributed by atoms with E-state index in [9.17, 15) is 14.9 Å². The second-order valence-electron chi connectivity index (χ2n) is 5.53. The number of hydrogen-bond acceptors (Lipinski definition) is 5. The molecule has 0 heterocycles. The van der Waals surface area contributed by atoms with Gasteiger partial charge in [-0.1, -0.05) is 12.1 Å². The van der Waals surface area contributed by atoms with E-state index in [1.807, 2.05) is 12.1 Å². The van der Waals surface area contributed by atoms with Crippen LogP contribution in [0.2, 0.25) is 0 Å². The Kier molecular flexibility index (Phi) is 6.37. The molecule has 0 fully saturated rings. The number of nitro benzene ring substituents is 1. The fourth-order valence-electron chi connectivity index (χ4n) is 2.48. The van der Waals surface area contributed by atoms with Crippen LogP contribution >= 0.6 is 0 Å². The summed E-state index contributed by atoms with van der Waals surface area (Å²) >= 11 is 0. The lowest BCUT2D eigenvalue weighted by atomic mass is 10.1. The van der Waals surface area contributed by atoms with Crippen LogP contribution < -0.4 is 20.1 Å². The number of rotatable bonds is 7. The summed E-state index contributed by atoms with van der Waals surface area (Å²) in [5.41, 5.74) is 1.76. The number of nitrogens with zero attached hydrogens (tertiary/aromatic N) is 1. The highest BCUT2D eigenvalue weighted by Gasteiger charge is 2.14. The van der Waals surface area contributed by atoms with Crippen LogP contribution in [-0.2, 0) is 6.42 Å². The predicted octanol–water partition coefficient (Wildman–Crippen LogP) is 3.28. The van der Waals surface area contributed by atoms with E-state index in [1.165, 1.54) is 12.1 Å². The summed E-state index contributed by atoms with van der Waals surface area (Å²) in [7, 11) is 3.13. The molecule has 0 aromatic heterocycles. The molecule has 2 N–H and O–H groups in total. The summed E-state index contributed by atoms with van der Waals surface area (Å²) in [5.74, 6) is 1.27. The first-order chi connectivity index (χ1) is 12.5. The third-order valence-corrected chi connectivity index (χ3v) is 3.90. The van der Waals surface area contributed by atoms with E-state index in [4.69, 9.17) is 9.47 Å². The first kappa shape index (κ1) is 19.0. The molecule has 0 aliphatic rings. The summed E-state index contributed by atoms with van der Waals surface area (Å²) in [5, 5.41) is 16.3. The molecule has 138 valence electrons. The number of nitrogens with one attached hydrogen (secondary N) is 2. The van der Waals surface area contributed by atoms with Crippen LogP contribution in [0.15, 0.2) is 36.4 Å². The SMILES string of the molecule is COc1ccc(CCNC(=O)Nc2cccc([N+](=O)[O-])c2C)cc1OC. The van der Waals surface area contributed by atoms with Gasteiger partial charge in [0.1, 0.15) is 0 Å². The van der Waals surface area contributed by atoms with Crippen molar-refractivity contribution in [2.24, 2.45) is 0 Å². The molecule has 8 heteroatoms. The zero-order chi connectivity index (χ0) is 19.1. The van der Waals surface area contributed by atoms with Crippen molar-refractivity contribution < 1.29 is 19.2 Å². The highest BCUT2D eigenvalue weighted by molar-refractivity contribution is 5.90. The van der Waals surface area contributed by atoms with Crippen molar-refractivity contribution in [3.8, 4) is 11.5 Å². The largest absolute Gasteiger partial charge is 0.493 e. The third-order valence-electron chi connectivity index (χ3n) is 3.90. The van der Waals surface area contributed by atoms with E-state index in [1.54, 1.807) is 33.3 Å². The molecular weight excluding hydrogens is 338 g/mol. The van der Waals surface area contributed by atoms with Crippen LogP contribution in [0, 0.1) is 17.0 Å². The number of amides is 2. The molecule has 0 atom stereocenters. The summed E-state index contributed by atoms with van der Waals surface area (Å²) in [6.07, 6.45) is 0.599. The standard InChI is InChI=1S/C18H21N3O5/c1-12-14(5-4-6-15(12)21(23)24)20-18(22)19-10-9-13-7-8-16(25-2)17(11-13)26-3/h4-8,11H,9-10H2,1-3H3,(H2,19,20,22). The van der Waals surface area contributed by atoms with Crippen molar-refractivity contribution in [1.29, 1.82) is 0 Å². The van der Waals surface area contributed by atoms with Crippen molar-refractivity contribution in [2.75, 3.05) is 26.1 Å². The fourth-order valence-corrected chi connectivity index (χ4v) is 2.48. The second kappa shape index (κ2) is 8.70. The molecule has 0 saturated carbocycles. The lowest BCUT2D eigenvalue weighted by molar-refractivity contribution is -0.385. The molecule has 0 saturated heterocycles. The van der Waals surface area contributed by atoms with E-state index < -0.39 is 11.0 Å². The van der Waals surface area contributed by atoms with Gasteiger partial charge in [-0.15, -0.1) is 0 Å². The van der Waals surface area contributed by atoms with Gasteiger partial charge in [0.05, 0.1) is 30.4 Å². The number of carbonyl (C=O) groups excluding carboxylic acids is 1. The number of methoxy groups -OCH3 is 2. The summed E-state index contributed by atoms with van der Waals surface area (Å²) < 4.78 is 10.4. The quantitative estimate of drug-likeness (QED) is 0.583. The highest BCUT2D eigenvalue weighted by Crippen LogP contribution is 2.27. The molecule has 8 nitrogen and oxygen atoms in total. The van der Waals surface area contributed by atoms with Gasteiger partial charge in [-0.05, 0) is 37.1 Å². The van der Waals surface area contributed by atoms with Gasteiger partial charge in [0.2, 0.25) is 0 Å². The Balaban J connectivity index is 1.92. The number of ether oxygens (including phenoxy) is 2. The molecular formula is C18H21N3O5.